The first-order valence-electron chi connectivity index (χ1n) is 8.38. The summed E-state index contributed by atoms with van der Waals surface area (Å²) in [4.78, 5) is 28.0. The number of nitrogens with zero attached hydrogens (tertiary/aromatic N) is 2. The number of nitrogens with one attached hydrogen (secondary N) is 1. The lowest BCUT2D eigenvalue weighted by Gasteiger charge is -2.01. The molecule has 0 saturated carbocycles. The van der Waals surface area contributed by atoms with E-state index < -0.39 is 0 Å². The van der Waals surface area contributed by atoms with Crippen LogP contribution in [0.3, 0.4) is 0 Å². The van der Waals surface area contributed by atoms with E-state index in [-0.39, 0.29) is 18.1 Å². The monoisotopic (exact) mass is 369 g/mol. The van der Waals surface area contributed by atoms with Crippen LogP contribution in [-0.2, 0) is 17.6 Å². The average molecular weight is 369 g/mol. The summed E-state index contributed by atoms with van der Waals surface area (Å²) in [6.07, 6.45) is 1.70. The van der Waals surface area contributed by atoms with Crippen molar-refractivity contribution in [1.82, 2.24) is 9.36 Å². The molecule has 1 N–H and O–H groups in total. The zero-order valence-electron chi connectivity index (χ0n) is 14.6. The lowest BCUT2D eigenvalue weighted by molar-refractivity contribution is -0.116. The fourth-order valence-electron chi connectivity index (χ4n) is 2.54. The molecule has 0 fully saturated rings. The van der Waals surface area contributed by atoms with Gasteiger partial charge in [-0.2, -0.15) is 4.37 Å². The Bertz CT molecular complexity index is 915. The molecular formula is C19H19N3O3S. The predicted molar refractivity (Wildman–Crippen MR) is 100 cm³/mol. The molecule has 2 aromatic heterocycles. The Kier molecular flexibility index (Phi) is 5.58. The van der Waals surface area contributed by atoms with Crippen LogP contribution in [-0.4, -0.2) is 21.0 Å². The van der Waals surface area contributed by atoms with Gasteiger partial charge in [-0.05, 0) is 19.4 Å². The minimum absolute atomic E-state index is 0.0201. The van der Waals surface area contributed by atoms with Gasteiger partial charge in [-0.25, -0.2) is 4.98 Å². The van der Waals surface area contributed by atoms with Crippen LogP contribution >= 0.6 is 11.5 Å². The van der Waals surface area contributed by atoms with Gasteiger partial charge in [0.1, 0.15) is 17.3 Å². The third-order valence-electron chi connectivity index (χ3n) is 3.68. The van der Waals surface area contributed by atoms with Crippen molar-refractivity contribution in [2.24, 2.45) is 0 Å². The summed E-state index contributed by atoms with van der Waals surface area (Å²) in [6.45, 7) is 3.51. The number of Topliss-reactive ketones (excluding diaryl/α,β-unsaturated/α-hetero) is 1. The Balaban J connectivity index is 1.82. The highest BCUT2D eigenvalue weighted by Crippen LogP contribution is 2.27. The van der Waals surface area contributed by atoms with Crippen LogP contribution in [0, 0.1) is 0 Å². The molecule has 134 valence electrons. The molecule has 0 aliphatic rings. The van der Waals surface area contributed by atoms with E-state index >= 15 is 0 Å². The summed E-state index contributed by atoms with van der Waals surface area (Å²) in [6, 6.07) is 11.4. The van der Waals surface area contributed by atoms with Crippen LogP contribution in [0.4, 0.5) is 5.13 Å². The fraction of sp³-hybridized carbons (Fsp3) is 0.263. The third-order valence-corrected chi connectivity index (χ3v) is 4.35. The summed E-state index contributed by atoms with van der Waals surface area (Å²) >= 11 is 1.06. The zero-order valence-corrected chi connectivity index (χ0v) is 15.4. The number of hydrogen-bond donors (Lipinski definition) is 1. The number of benzene rings is 1. The number of carbonyl (C=O) groups is 2. The number of hydrogen-bond acceptors (Lipinski definition) is 6. The minimum atomic E-state index is -0.287. The van der Waals surface area contributed by atoms with Crippen molar-refractivity contribution in [3.05, 3.63) is 53.5 Å². The van der Waals surface area contributed by atoms with E-state index in [0.717, 1.165) is 23.5 Å². The molecule has 0 aliphatic heterocycles. The predicted octanol–water partition coefficient (Wildman–Crippen LogP) is 4.13. The molecule has 0 radical (unpaired) electrons. The third kappa shape index (κ3) is 4.23. The minimum Gasteiger partial charge on any atom is -0.460 e. The number of carbonyl (C=O) groups excluding carboxylic acids is 2. The van der Waals surface area contributed by atoms with E-state index in [9.17, 15) is 9.59 Å². The highest BCUT2D eigenvalue weighted by molar-refractivity contribution is 7.09. The summed E-state index contributed by atoms with van der Waals surface area (Å²) in [5.74, 6) is 1.42. The molecule has 3 aromatic rings. The molecule has 0 bridgehead atoms. The highest BCUT2D eigenvalue weighted by atomic mass is 32.1. The molecule has 6 nitrogen and oxygen atoms in total. The van der Waals surface area contributed by atoms with Crippen LogP contribution < -0.4 is 5.32 Å². The number of anilines is 1. The van der Waals surface area contributed by atoms with Gasteiger partial charge >= 0.3 is 0 Å². The van der Waals surface area contributed by atoms with Gasteiger partial charge in [0.15, 0.2) is 5.82 Å². The quantitative estimate of drug-likeness (QED) is 0.677. The first-order valence-corrected chi connectivity index (χ1v) is 9.15. The van der Waals surface area contributed by atoms with Crippen molar-refractivity contribution in [2.45, 2.75) is 33.1 Å². The van der Waals surface area contributed by atoms with Crippen LogP contribution in [0.5, 0.6) is 0 Å². The van der Waals surface area contributed by atoms with Crippen molar-refractivity contribution in [3.63, 3.8) is 0 Å². The molecular weight excluding hydrogens is 350 g/mol. The first-order chi connectivity index (χ1) is 12.6. The van der Waals surface area contributed by atoms with Crippen LogP contribution in [0.15, 0.2) is 40.8 Å². The smallest absolute Gasteiger partial charge is 0.261 e. The van der Waals surface area contributed by atoms with E-state index in [2.05, 4.69) is 14.7 Å². The molecule has 0 spiro atoms. The number of aryl methyl sites for hydroxylation is 1. The van der Waals surface area contributed by atoms with Gasteiger partial charge in [0, 0.05) is 23.5 Å². The first kappa shape index (κ1) is 18.0. The normalized spacial score (nSPS) is 10.7. The summed E-state index contributed by atoms with van der Waals surface area (Å²) < 4.78 is 10.0. The number of furan rings is 1. The number of amides is 1. The largest absolute Gasteiger partial charge is 0.460 e. The summed E-state index contributed by atoms with van der Waals surface area (Å²) in [5.41, 5.74) is 1.41. The lowest BCUT2D eigenvalue weighted by atomic mass is 10.1. The van der Waals surface area contributed by atoms with Crippen LogP contribution in [0.25, 0.3) is 11.3 Å². The van der Waals surface area contributed by atoms with Crippen molar-refractivity contribution >= 4 is 28.4 Å². The van der Waals surface area contributed by atoms with Gasteiger partial charge in [0.25, 0.3) is 5.91 Å². The SMILES string of the molecule is CCCc1oc(-c2ccccc2)cc1C(=O)Nc1nc(CC(C)=O)ns1. The van der Waals surface area contributed by atoms with Gasteiger partial charge in [-0.3, -0.25) is 14.9 Å². The van der Waals surface area contributed by atoms with Crippen LogP contribution in [0.1, 0.15) is 42.2 Å². The van der Waals surface area contributed by atoms with E-state index in [4.69, 9.17) is 4.42 Å². The second-order valence-corrected chi connectivity index (χ2v) is 6.66. The van der Waals surface area contributed by atoms with Crippen LogP contribution in [0.2, 0.25) is 0 Å². The number of ketones is 1. The molecule has 1 amide bonds. The maximum Gasteiger partial charge on any atom is 0.261 e. The van der Waals surface area contributed by atoms with Gasteiger partial charge in [0.05, 0.1) is 12.0 Å². The van der Waals surface area contributed by atoms with E-state index in [0.29, 0.717) is 34.5 Å². The molecule has 2 heterocycles. The standard InChI is InChI=1S/C19H19N3O3S/c1-3-7-15-14(11-16(25-15)13-8-5-4-6-9-13)18(24)21-19-20-17(22-26-19)10-12(2)23/h4-6,8-9,11H,3,7,10H2,1-2H3,(H,20,21,22,24). The van der Waals surface area contributed by atoms with Gasteiger partial charge in [-0.1, -0.05) is 37.3 Å². The van der Waals surface area contributed by atoms with Crippen molar-refractivity contribution in [1.29, 1.82) is 0 Å². The topological polar surface area (TPSA) is 85.1 Å². The Morgan fingerprint density at radius 3 is 2.69 bits per heavy atom. The molecule has 0 unspecified atom stereocenters. The number of aromatic nitrogens is 2. The Hall–Kier alpha value is -2.80. The molecule has 7 heteroatoms. The highest BCUT2D eigenvalue weighted by Gasteiger charge is 2.19. The van der Waals surface area contributed by atoms with Gasteiger partial charge < -0.3 is 4.42 Å². The maximum absolute atomic E-state index is 12.7. The van der Waals surface area contributed by atoms with E-state index in [1.54, 1.807) is 6.07 Å². The number of rotatable bonds is 7. The van der Waals surface area contributed by atoms with Crippen molar-refractivity contribution in [3.8, 4) is 11.3 Å². The summed E-state index contributed by atoms with van der Waals surface area (Å²) in [7, 11) is 0. The van der Waals surface area contributed by atoms with Gasteiger partial charge in [-0.15, -0.1) is 0 Å². The van der Waals surface area contributed by atoms with Crippen molar-refractivity contribution < 1.29 is 14.0 Å². The second-order valence-electron chi connectivity index (χ2n) is 5.91. The van der Waals surface area contributed by atoms with E-state index in [1.807, 2.05) is 37.3 Å². The van der Waals surface area contributed by atoms with E-state index in [1.165, 1.54) is 6.92 Å². The molecule has 26 heavy (non-hydrogen) atoms. The molecule has 0 aliphatic carbocycles. The Labute approximate surface area is 155 Å². The Morgan fingerprint density at radius 2 is 2.00 bits per heavy atom. The second kappa shape index (κ2) is 8.05. The average Bonchev–Trinajstić information content (AvgIpc) is 3.22. The zero-order chi connectivity index (χ0) is 18.5. The molecule has 3 rings (SSSR count). The maximum atomic E-state index is 12.7. The van der Waals surface area contributed by atoms with Gasteiger partial charge in [0.2, 0.25) is 5.13 Å². The van der Waals surface area contributed by atoms with Crippen molar-refractivity contribution in [2.75, 3.05) is 5.32 Å². The molecule has 0 atom stereocenters. The fourth-order valence-corrected chi connectivity index (χ4v) is 3.12. The molecule has 1 aromatic carbocycles. The lowest BCUT2D eigenvalue weighted by Crippen LogP contribution is -2.13. The molecule has 0 saturated heterocycles. The summed E-state index contributed by atoms with van der Waals surface area (Å²) in [5, 5.41) is 3.12. The Morgan fingerprint density at radius 1 is 1.23 bits per heavy atom.